The average Bonchev–Trinajstić information content (AvgIpc) is 2.32. The van der Waals surface area contributed by atoms with Gasteiger partial charge < -0.3 is 10.6 Å². The number of rotatable bonds is 2. The first-order valence-electron chi connectivity index (χ1n) is 7.18. The summed E-state index contributed by atoms with van der Waals surface area (Å²) >= 11 is 0. The van der Waals surface area contributed by atoms with Crippen LogP contribution in [0.25, 0.3) is 0 Å². The molecule has 2 N–H and O–H groups in total. The fourth-order valence-electron chi connectivity index (χ4n) is 4.86. The predicted molar refractivity (Wildman–Crippen MR) is 71.0 cm³/mol. The topological polar surface area (TPSA) is 36.4 Å². The molecule has 3 nitrogen and oxygen atoms in total. The van der Waals surface area contributed by atoms with Gasteiger partial charge in [-0.05, 0) is 61.7 Å². The minimum absolute atomic E-state index is 0.910. The summed E-state index contributed by atoms with van der Waals surface area (Å²) in [6.45, 7) is 1.13. The van der Waals surface area contributed by atoms with Crippen molar-refractivity contribution in [1.82, 2.24) is 10.6 Å². The lowest BCUT2D eigenvalue weighted by atomic mass is 9.52. The van der Waals surface area contributed by atoms with E-state index in [-0.39, 0.29) is 0 Å². The Bertz CT molecular complexity index is 283. The van der Waals surface area contributed by atoms with E-state index in [0.717, 1.165) is 42.1 Å². The second kappa shape index (κ2) is 4.51. The van der Waals surface area contributed by atoms with Crippen LogP contribution in [0.2, 0.25) is 0 Å². The molecule has 0 aromatic rings. The summed E-state index contributed by atoms with van der Waals surface area (Å²) < 4.78 is 0. The van der Waals surface area contributed by atoms with Gasteiger partial charge in [0.05, 0.1) is 0 Å². The summed E-state index contributed by atoms with van der Waals surface area (Å²) in [5.74, 6) is 6.03. The van der Waals surface area contributed by atoms with Crippen molar-refractivity contribution in [3.8, 4) is 0 Å². The van der Waals surface area contributed by atoms with Crippen molar-refractivity contribution in [2.75, 3.05) is 20.6 Å². The quantitative estimate of drug-likeness (QED) is 0.566. The number of hydrogen-bond donors (Lipinski definition) is 2. The maximum Gasteiger partial charge on any atom is 0.190 e. The summed E-state index contributed by atoms with van der Waals surface area (Å²) in [4.78, 5) is 4.20. The predicted octanol–water partition coefficient (Wildman–Crippen LogP) is 1.85. The monoisotopic (exact) mass is 235 g/mol. The SMILES string of the molecule is CN=C(NC)NCC1C2CC3CC(C2)CC1C3. The number of nitrogens with zero attached hydrogens (tertiary/aromatic N) is 1. The maximum absolute atomic E-state index is 4.20. The summed E-state index contributed by atoms with van der Waals surface area (Å²) in [6, 6.07) is 0. The van der Waals surface area contributed by atoms with Crippen molar-refractivity contribution in [3.05, 3.63) is 0 Å². The Morgan fingerprint density at radius 2 is 1.65 bits per heavy atom. The number of nitrogens with one attached hydrogen (secondary N) is 2. The molecule has 4 bridgehead atoms. The van der Waals surface area contributed by atoms with Gasteiger partial charge in [0.1, 0.15) is 0 Å². The van der Waals surface area contributed by atoms with Crippen molar-refractivity contribution in [1.29, 1.82) is 0 Å². The Hall–Kier alpha value is -0.730. The van der Waals surface area contributed by atoms with Crippen LogP contribution in [0.15, 0.2) is 4.99 Å². The van der Waals surface area contributed by atoms with Crippen LogP contribution in [-0.2, 0) is 0 Å². The third-order valence-electron chi connectivity index (χ3n) is 5.39. The lowest BCUT2D eigenvalue weighted by molar-refractivity contribution is -0.0339. The van der Waals surface area contributed by atoms with Gasteiger partial charge in [0, 0.05) is 20.6 Å². The van der Waals surface area contributed by atoms with Gasteiger partial charge in [0.15, 0.2) is 5.96 Å². The fraction of sp³-hybridized carbons (Fsp3) is 0.929. The first-order chi connectivity index (χ1) is 8.30. The molecular weight excluding hydrogens is 210 g/mol. The van der Waals surface area contributed by atoms with Crippen LogP contribution in [0.3, 0.4) is 0 Å². The zero-order valence-corrected chi connectivity index (χ0v) is 11.1. The number of aliphatic imine (C=N–C) groups is 1. The zero-order chi connectivity index (χ0) is 11.8. The molecule has 4 aliphatic rings. The van der Waals surface area contributed by atoms with Crippen LogP contribution in [-0.4, -0.2) is 26.6 Å². The van der Waals surface area contributed by atoms with E-state index < -0.39 is 0 Å². The van der Waals surface area contributed by atoms with E-state index in [2.05, 4.69) is 15.6 Å². The molecule has 0 aromatic carbocycles. The molecule has 4 rings (SSSR count). The zero-order valence-electron chi connectivity index (χ0n) is 11.1. The minimum Gasteiger partial charge on any atom is -0.359 e. The van der Waals surface area contributed by atoms with Gasteiger partial charge >= 0.3 is 0 Å². The molecule has 0 aromatic heterocycles. The first-order valence-corrected chi connectivity index (χ1v) is 7.18. The van der Waals surface area contributed by atoms with Crippen LogP contribution in [0.1, 0.15) is 32.1 Å². The largest absolute Gasteiger partial charge is 0.359 e. The second-order valence-electron chi connectivity index (χ2n) is 6.30. The molecule has 0 radical (unpaired) electrons. The van der Waals surface area contributed by atoms with Crippen LogP contribution >= 0.6 is 0 Å². The molecule has 0 aliphatic heterocycles. The molecule has 0 spiro atoms. The minimum atomic E-state index is 0.910. The summed E-state index contributed by atoms with van der Waals surface area (Å²) in [7, 11) is 3.78. The Kier molecular flexibility index (Phi) is 3.01. The molecule has 0 saturated heterocycles. The van der Waals surface area contributed by atoms with E-state index in [9.17, 15) is 0 Å². The van der Waals surface area contributed by atoms with Crippen LogP contribution in [0, 0.1) is 29.6 Å². The van der Waals surface area contributed by atoms with Gasteiger partial charge in [0.2, 0.25) is 0 Å². The highest BCUT2D eigenvalue weighted by Crippen LogP contribution is 2.56. The van der Waals surface area contributed by atoms with Crippen LogP contribution < -0.4 is 10.6 Å². The fourth-order valence-corrected chi connectivity index (χ4v) is 4.86. The number of guanidine groups is 1. The van der Waals surface area contributed by atoms with Crippen molar-refractivity contribution < 1.29 is 0 Å². The van der Waals surface area contributed by atoms with Gasteiger partial charge in [-0.25, -0.2) is 0 Å². The van der Waals surface area contributed by atoms with Crippen molar-refractivity contribution >= 4 is 5.96 Å². The second-order valence-corrected chi connectivity index (χ2v) is 6.30. The molecule has 0 unspecified atom stereocenters. The number of hydrogen-bond acceptors (Lipinski definition) is 1. The average molecular weight is 235 g/mol. The van der Waals surface area contributed by atoms with E-state index in [0.29, 0.717) is 0 Å². The van der Waals surface area contributed by atoms with E-state index >= 15 is 0 Å². The molecule has 17 heavy (non-hydrogen) atoms. The lowest BCUT2D eigenvalue weighted by Crippen LogP contribution is -2.50. The van der Waals surface area contributed by atoms with Gasteiger partial charge in [-0.3, -0.25) is 4.99 Å². The van der Waals surface area contributed by atoms with Crippen LogP contribution in [0.4, 0.5) is 0 Å². The van der Waals surface area contributed by atoms with Crippen molar-refractivity contribution in [2.24, 2.45) is 34.6 Å². The van der Waals surface area contributed by atoms with Crippen molar-refractivity contribution in [2.45, 2.75) is 32.1 Å². The highest BCUT2D eigenvalue weighted by atomic mass is 15.1. The lowest BCUT2D eigenvalue weighted by Gasteiger charge is -2.54. The van der Waals surface area contributed by atoms with Crippen LogP contribution in [0.5, 0.6) is 0 Å². The third kappa shape index (κ3) is 2.04. The smallest absolute Gasteiger partial charge is 0.190 e. The highest BCUT2D eigenvalue weighted by molar-refractivity contribution is 5.79. The normalized spacial score (nSPS) is 43.9. The Balaban J connectivity index is 1.61. The Morgan fingerprint density at radius 1 is 1.06 bits per heavy atom. The maximum atomic E-state index is 4.20. The van der Waals surface area contributed by atoms with Gasteiger partial charge in [-0.15, -0.1) is 0 Å². The van der Waals surface area contributed by atoms with Gasteiger partial charge in [0.25, 0.3) is 0 Å². The van der Waals surface area contributed by atoms with E-state index in [4.69, 9.17) is 0 Å². The molecule has 96 valence electrons. The molecule has 4 aliphatic carbocycles. The Labute approximate surface area is 104 Å². The third-order valence-corrected chi connectivity index (χ3v) is 5.39. The first kappa shape index (κ1) is 11.4. The van der Waals surface area contributed by atoms with E-state index in [1.54, 1.807) is 6.42 Å². The van der Waals surface area contributed by atoms with Gasteiger partial charge in [-0.2, -0.15) is 0 Å². The molecule has 4 fully saturated rings. The molecule has 0 amide bonds. The molecule has 0 heterocycles. The van der Waals surface area contributed by atoms with E-state index in [1.807, 2.05) is 14.1 Å². The summed E-state index contributed by atoms with van der Waals surface area (Å²) in [6.07, 6.45) is 7.59. The molecule has 0 atom stereocenters. The highest BCUT2D eigenvalue weighted by Gasteiger charge is 2.47. The van der Waals surface area contributed by atoms with Gasteiger partial charge in [-0.1, -0.05) is 0 Å². The standard InChI is InChI=1S/C14H25N3/c1-15-14(16-2)17-8-13-11-4-9-3-10(6-11)7-12(13)5-9/h9-13H,3-8H2,1-2H3,(H2,15,16,17). The molecule has 3 heteroatoms. The summed E-state index contributed by atoms with van der Waals surface area (Å²) in [5, 5.41) is 6.60. The molecule has 4 saturated carbocycles. The Morgan fingerprint density at radius 3 is 2.12 bits per heavy atom. The molecular formula is C14H25N3. The van der Waals surface area contributed by atoms with E-state index in [1.165, 1.54) is 25.7 Å². The van der Waals surface area contributed by atoms with Crippen molar-refractivity contribution in [3.63, 3.8) is 0 Å². The summed E-state index contributed by atoms with van der Waals surface area (Å²) in [5.41, 5.74) is 0.